The summed E-state index contributed by atoms with van der Waals surface area (Å²) in [6.07, 6.45) is 0. The van der Waals surface area contributed by atoms with Gasteiger partial charge in [0.2, 0.25) is 7.37 Å². The minimum atomic E-state index is -3.63. The van der Waals surface area contributed by atoms with E-state index >= 15 is 0 Å². The van der Waals surface area contributed by atoms with Crippen molar-refractivity contribution in [3.8, 4) is 0 Å². The predicted molar refractivity (Wildman–Crippen MR) is 62.4 cm³/mol. The summed E-state index contributed by atoms with van der Waals surface area (Å²) in [5.41, 5.74) is 0.390. The van der Waals surface area contributed by atoms with Gasteiger partial charge in [-0.1, -0.05) is 12.1 Å². The monoisotopic (exact) mass is 238 g/mol. The molecule has 0 saturated carbocycles. The molecule has 0 aliphatic carbocycles. The highest BCUT2D eigenvalue weighted by Crippen LogP contribution is 2.31. The average Bonchev–Trinajstić information content (AvgIpc) is 2.22. The van der Waals surface area contributed by atoms with Crippen molar-refractivity contribution in [2.24, 2.45) is 7.05 Å². The van der Waals surface area contributed by atoms with Crippen LogP contribution in [0.25, 0.3) is 11.0 Å². The SMILES string of the molecule is Cn1c(=O)c(P(C)(=O)O)nc2ccccc21. The Morgan fingerprint density at radius 3 is 2.62 bits per heavy atom. The number of hydrogen-bond acceptors (Lipinski definition) is 3. The third kappa shape index (κ3) is 1.68. The van der Waals surface area contributed by atoms with Crippen LogP contribution in [0.3, 0.4) is 0 Å². The van der Waals surface area contributed by atoms with E-state index in [2.05, 4.69) is 4.98 Å². The normalized spacial score (nSPS) is 14.9. The average molecular weight is 238 g/mol. The van der Waals surface area contributed by atoms with Gasteiger partial charge < -0.3 is 9.46 Å². The van der Waals surface area contributed by atoms with Crippen molar-refractivity contribution in [2.45, 2.75) is 0 Å². The van der Waals surface area contributed by atoms with E-state index in [1.54, 1.807) is 31.3 Å². The van der Waals surface area contributed by atoms with Gasteiger partial charge in [0.05, 0.1) is 11.0 Å². The zero-order chi connectivity index (χ0) is 11.9. The lowest BCUT2D eigenvalue weighted by Gasteiger charge is -2.09. The number of para-hydroxylation sites is 2. The van der Waals surface area contributed by atoms with E-state index in [4.69, 9.17) is 0 Å². The van der Waals surface area contributed by atoms with Gasteiger partial charge in [-0.05, 0) is 12.1 Å². The molecular weight excluding hydrogens is 227 g/mol. The number of nitrogens with zero attached hydrogens (tertiary/aromatic N) is 2. The van der Waals surface area contributed by atoms with E-state index in [1.807, 2.05) is 0 Å². The second kappa shape index (κ2) is 3.54. The quantitative estimate of drug-likeness (QED) is 0.732. The Morgan fingerprint density at radius 1 is 1.38 bits per heavy atom. The van der Waals surface area contributed by atoms with Crippen molar-refractivity contribution in [2.75, 3.05) is 6.66 Å². The second-order valence-electron chi connectivity index (χ2n) is 3.67. The first-order chi connectivity index (χ1) is 7.41. The molecule has 0 bridgehead atoms. The van der Waals surface area contributed by atoms with Crippen molar-refractivity contribution in [1.29, 1.82) is 0 Å². The summed E-state index contributed by atoms with van der Waals surface area (Å²) in [5, 5.41) is 0. The third-order valence-electron chi connectivity index (χ3n) is 2.36. The Kier molecular flexibility index (Phi) is 2.45. The first-order valence-corrected chi connectivity index (χ1v) is 6.78. The molecule has 1 N–H and O–H groups in total. The molecule has 0 spiro atoms. The van der Waals surface area contributed by atoms with Crippen LogP contribution in [0.15, 0.2) is 29.1 Å². The molecule has 1 aromatic carbocycles. The number of fused-ring (bicyclic) bond motifs is 1. The van der Waals surface area contributed by atoms with Crippen molar-refractivity contribution < 1.29 is 9.46 Å². The molecule has 0 aliphatic heterocycles. The van der Waals surface area contributed by atoms with Crippen molar-refractivity contribution >= 4 is 23.8 Å². The summed E-state index contributed by atoms with van der Waals surface area (Å²) >= 11 is 0. The molecule has 0 saturated heterocycles. The minimum Gasteiger partial charge on any atom is -0.340 e. The zero-order valence-electron chi connectivity index (χ0n) is 8.91. The van der Waals surface area contributed by atoms with Crippen LogP contribution in [0.1, 0.15) is 0 Å². The van der Waals surface area contributed by atoms with Gasteiger partial charge in [0, 0.05) is 13.7 Å². The lowest BCUT2D eigenvalue weighted by molar-refractivity contribution is 0.495. The van der Waals surface area contributed by atoms with Gasteiger partial charge in [-0.25, -0.2) is 4.98 Å². The van der Waals surface area contributed by atoms with Crippen LogP contribution in [-0.2, 0) is 11.6 Å². The van der Waals surface area contributed by atoms with Gasteiger partial charge in [-0.15, -0.1) is 0 Å². The van der Waals surface area contributed by atoms with E-state index in [0.29, 0.717) is 11.0 Å². The molecule has 2 aromatic rings. The van der Waals surface area contributed by atoms with Crippen LogP contribution < -0.4 is 11.0 Å². The summed E-state index contributed by atoms with van der Waals surface area (Å²) in [4.78, 5) is 25.2. The van der Waals surface area contributed by atoms with Crippen molar-refractivity contribution in [3.63, 3.8) is 0 Å². The number of hydrogen-bond donors (Lipinski definition) is 1. The highest BCUT2D eigenvalue weighted by molar-refractivity contribution is 7.65. The van der Waals surface area contributed by atoms with Gasteiger partial charge in [-0.2, -0.15) is 0 Å². The number of aromatic nitrogens is 2. The lowest BCUT2D eigenvalue weighted by atomic mass is 10.3. The fourth-order valence-electron chi connectivity index (χ4n) is 1.53. The van der Waals surface area contributed by atoms with Gasteiger partial charge in [0.15, 0.2) is 5.44 Å². The first kappa shape index (κ1) is 11.0. The van der Waals surface area contributed by atoms with Crippen LogP contribution in [0.2, 0.25) is 0 Å². The summed E-state index contributed by atoms with van der Waals surface area (Å²) in [6.45, 7) is 1.12. The van der Waals surface area contributed by atoms with Crippen molar-refractivity contribution in [1.82, 2.24) is 9.55 Å². The minimum absolute atomic E-state index is 0.270. The van der Waals surface area contributed by atoms with Crippen LogP contribution in [0.4, 0.5) is 0 Å². The Balaban J connectivity index is 2.96. The maximum absolute atomic E-state index is 11.8. The third-order valence-corrected chi connectivity index (χ3v) is 3.44. The molecule has 1 heterocycles. The molecule has 0 aliphatic rings. The molecule has 1 unspecified atom stereocenters. The zero-order valence-corrected chi connectivity index (χ0v) is 9.81. The van der Waals surface area contributed by atoms with E-state index in [0.717, 1.165) is 6.66 Å². The highest BCUT2D eigenvalue weighted by Gasteiger charge is 2.22. The molecule has 1 atom stereocenters. The Bertz CT molecular complexity index is 657. The summed E-state index contributed by atoms with van der Waals surface area (Å²) < 4.78 is 12.9. The molecule has 2 rings (SSSR count). The topological polar surface area (TPSA) is 72.2 Å². The first-order valence-electron chi connectivity index (χ1n) is 4.68. The Morgan fingerprint density at radius 2 is 2.00 bits per heavy atom. The van der Waals surface area contributed by atoms with Crippen LogP contribution in [0, 0.1) is 0 Å². The fourth-order valence-corrected chi connectivity index (χ4v) is 2.33. The van der Waals surface area contributed by atoms with E-state index in [1.165, 1.54) is 4.57 Å². The largest absolute Gasteiger partial charge is 0.340 e. The number of rotatable bonds is 1. The second-order valence-corrected chi connectivity index (χ2v) is 5.85. The smallest absolute Gasteiger partial charge is 0.282 e. The van der Waals surface area contributed by atoms with E-state index in [-0.39, 0.29) is 5.44 Å². The molecule has 6 heteroatoms. The molecule has 16 heavy (non-hydrogen) atoms. The van der Waals surface area contributed by atoms with Gasteiger partial charge >= 0.3 is 0 Å². The summed E-state index contributed by atoms with van der Waals surface area (Å²) in [7, 11) is -2.07. The number of benzene rings is 1. The van der Waals surface area contributed by atoms with Crippen LogP contribution >= 0.6 is 7.37 Å². The predicted octanol–water partition coefficient (Wildman–Crippen LogP) is 0.459. The summed E-state index contributed by atoms with van der Waals surface area (Å²) in [5.74, 6) is 0. The van der Waals surface area contributed by atoms with E-state index < -0.39 is 12.9 Å². The van der Waals surface area contributed by atoms with Gasteiger partial charge in [-0.3, -0.25) is 9.36 Å². The Hall–Kier alpha value is -1.45. The molecule has 1 aromatic heterocycles. The highest BCUT2D eigenvalue weighted by atomic mass is 31.2. The van der Waals surface area contributed by atoms with Crippen LogP contribution in [0.5, 0.6) is 0 Å². The summed E-state index contributed by atoms with van der Waals surface area (Å²) in [6, 6.07) is 6.99. The maximum Gasteiger partial charge on any atom is 0.282 e. The molecular formula is C10H11N2O3P. The van der Waals surface area contributed by atoms with E-state index in [9.17, 15) is 14.3 Å². The molecule has 0 amide bonds. The van der Waals surface area contributed by atoms with Gasteiger partial charge in [0.1, 0.15) is 0 Å². The van der Waals surface area contributed by atoms with Crippen molar-refractivity contribution in [3.05, 3.63) is 34.6 Å². The van der Waals surface area contributed by atoms with Gasteiger partial charge in [0.25, 0.3) is 5.56 Å². The lowest BCUT2D eigenvalue weighted by Crippen LogP contribution is -2.35. The fraction of sp³-hybridized carbons (Fsp3) is 0.200. The standard InChI is InChI=1S/C10H11N2O3P/c1-12-8-6-4-3-5-7(8)11-9(10(12)13)16(2,14)15/h3-6H,1-2H3,(H,14,15). The maximum atomic E-state index is 11.8. The number of aryl methyl sites for hydroxylation is 1. The van der Waals surface area contributed by atoms with Crippen LogP contribution in [-0.4, -0.2) is 21.1 Å². The molecule has 0 radical (unpaired) electrons. The molecule has 5 nitrogen and oxygen atoms in total. The molecule has 84 valence electrons. The Labute approximate surface area is 91.8 Å². The molecule has 0 fully saturated rings.